The van der Waals surface area contributed by atoms with E-state index in [1.165, 1.54) is 0 Å². The number of nitrogens with zero attached hydrogens (tertiary/aromatic N) is 3. The van der Waals surface area contributed by atoms with Gasteiger partial charge >= 0.3 is 0 Å². The van der Waals surface area contributed by atoms with Crippen molar-refractivity contribution in [3.05, 3.63) is 102 Å². The molecule has 0 unspecified atom stereocenters. The summed E-state index contributed by atoms with van der Waals surface area (Å²) in [6.45, 7) is 0. The van der Waals surface area contributed by atoms with E-state index in [4.69, 9.17) is 4.98 Å². The van der Waals surface area contributed by atoms with Gasteiger partial charge in [-0.15, -0.1) is 5.10 Å². The van der Waals surface area contributed by atoms with Crippen LogP contribution in [0.5, 0.6) is 0 Å². The first-order valence-corrected chi connectivity index (χ1v) is 8.74. The number of rotatable bonds is 5. The van der Waals surface area contributed by atoms with Crippen LogP contribution < -0.4 is 0 Å². The van der Waals surface area contributed by atoms with Crippen LogP contribution in [-0.2, 0) is 6.42 Å². The van der Waals surface area contributed by atoms with Crippen molar-refractivity contribution < 1.29 is 4.79 Å². The highest BCUT2D eigenvalue weighted by Gasteiger charge is 2.16. The van der Waals surface area contributed by atoms with Gasteiger partial charge in [-0.05, 0) is 0 Å². The van der Waals surface area contributed by atoms with Gasteiger partial charge < -0.3 is 0 Å². The van der Waals surface area contributed by atoms with Crippen LogP contribution in [0.4, 0.5) is 0 Å². The van der Waals surface area contributed by atoms with Gasteiger partial charge in [0, 0.05) is 16.7 Å². The fourth-order valence-electron chi connectivity index (χ4n) is 2.88. The van der Waals surface area contributed by atoms with Crippen LogP contribution in [0.3, 0.4) is 0 Å². The lowest BCUT2D eigenvalue weighted by Crippen LogP contribution is -2.09. The first kappa shape index (κ1) is 16.8. The van der Waals surface area contributed by atoms with E-state index in [-0.39, 0.29) is 12.2 Å². The Morgan fingerprint density at radius 3 is 1.85 bits per heavy atom. The molecule has 27 heavy (non-hydrogen) atoms. The van der Waals surface area contributed by atoms with Gasteiger partial charge in [-0.25, -0.2) is 4.98 Å². The van der Waals surface area contributed by atoms with Crippen LogP contribution in [0.25, 0.3) is 22.6 Å². The maximum Gasteiger partial charge on any atom is 0.182 e. The highest BCUT2D eigenvalue weighted by molar-refractivity contribution is 5.97. The fourth-order valence-corrected chi connectivity index (χ4v) is 2.88. The predicted octanol–water partition coefficient (Wildman–Crippen LogP) is 4.63. The fraction of sp³-hybridized carbons (Fsp3) is 0.0435. The molecular formula is C23H17N3O. The second kappa shape index (κ2) is 7.70. The maximum atomic E-state index is 12.7. The third-order valence-corrected chi connectivity index (χ3v) is 4.26. The highest BCUT2D eigenvalue weighted by atomic mass is 16.1. The van der Waals surface area contributed by atoms with Crippen molar-refractivity contribution in [2.75, 3.05) is 0 Å². The number of benzene rings is 3. The molecule has 0 aliphatic heterocycles. The second-order valence-electron chi connectivity index (χ2n) is 6.13. The van der Waals surface area contributed by atoms with Crippen LogP contribution in [0.1, 0.15) is 16.1 Å². The van der Waals surface area contributed by atoms with Gasteiger partial charge in [-0.2, -0.15) is 5.10 Å². The largest absolute Gasteiger partial charge is 0.294 e. The summed E-state index contributed by atoms with van der Waals surface area (Å²) in [5, 5.41) is 8.63. The van der Waals surface area contributed by atoms with Crippen molar-refractivity contribution in [1.82, 2.24) is 15.2 Å². The van der Waals surface area contributed by atoms with Crippen LogP contribution >= 0.6 is 0 Å². The number of ketones is 1. The van der Waals surface area contributed by atoms with Crippen LogP contribution in [-0.4, -0.2) is 21.0 Å². The molecule has 0 amide bonds. The van der Waals surface area contributed by atoms with E-state index in [0.717, 1.165) is 11.1 Å². The molecular weight excluding hydrogens is 334 g/mol. The van der Waals surface area contributed by atoms with Crippen LogP contribution in [0.2, 0.25) is 0 Å². The minimum atomic E-state index is -0.00339. The molecule has 0 atom stereocenters. The first-order chi connectivity index (χ1) is 13.3. The normalized spacial score (nSPS) is 10.5. The van der Waals surface area contributed by atoms with Crippen molar-refractivity contribution in [2.24, 2.45) is 0 Å². The minimum absolute atomic E-state index is 0.00339. The molecule has 0 aliphatic carbocycles. The Kier molecular flexibility index (Phi) is 4.79. The van der Waals surface area contributed by atoms with Crippen molar-refractivity contribution in [1.29, 1.82) is 0 Å². The van der Waals surface area contributed by atoms with Gasteiger partial charge in [-0.1, -0.05) is 91.0 Å². The van der Waals surface area contributed by atoms with Crippen molar-refractivity contribution in [3.63, 3.8) is 0 Å². The van der Waals surface area contributed by atoms with E-state index in [2.05, 4.69) is 10.2 Å². The molecule has 4 aromatic rings. The molecule has 1 aromatic heterocycles. The Morgan fingerprint density at radius 1 is 0.667 bits per heavy atom. The molecule has 0 saturated heterocycles. The zero-order valence-electron chi connectivity index (χ0n) is 14.6. The monoisotopic (exact) mass is 351 g/mol. The van der Waals surface area contributed by atoms with Gasteiger partial charge in [0.1, 0.15) is 0 Å². The molecule has 3 aromatic carbocycles. The molecule has 4 heteroatoms. The maximum absolute atomic E-state index is 12.7. The molecule has 0 radical (unpaired) electrons. The zero-order valence-corrected chi connectivity index (χ0v) is 14.6. The van der Waals surface area contributed by atoms with E-state index >= 15 is 0 Å². The first-order valence-electron chi connectivity index (χ1n) is 8.74. The lowest BCUT2D eigenvalue weighted by Gasteiger charge is -2.09. The molecule has 4 rings (SSSR count). The zero-order chi connectivity index (χ0) is 18.5. The SMILES string of the molecule is O=C(Cc1nnc(-c2ccccc2)nc1-c1ccccc1)c1ccccc1. The number of carbonyl (C=O) groups excluding carboxylic acids is 1. The predicted molar refractivity (Wildman–Crippen MR) is 105 cm³/mol. The summed E-state index contributed by atoms with van der Waals surface area (Å²) in [5.41, 5.74) is 3.73. The van der Waals surface area contributed by atoms with Gasteiger partial charge in [0.25, 0.3) is 0 Å². The number of hydrogen-bond donors (Lipinski definition) is 0. The third-order valence-electron chi connectivity index (χ3n) is 4.26. The van der Waals surface area contributed by atoms with Crippen molar-refractivity contribution in [2.45, 2.75) is 6.42 Å². The van der Waals surface area contributed by atoms with Gasteiger partial charge in [0.15, 0.2) is 11.6 Å². The Balaban J connectivity index is 1.76. The summed E-state index contributed by atoms with van der Waals surface area (Å²) in [6.07, 6.45) is 0.156. The minimum Gasteiger partial charge on any atom is -0.294 e. The Hall–Kier alpha value is -3.66. The lowest BCUT2D eigenvalue weighted by atomic mass is 10.0. The topological polar surface area (TPSA) is 55.7 Å². The summed E-state index contributed by atoms with van der Waals surface area (Å²) in [4.78, 5) is 17.4. The van der Waals surface area contributed by atoms with Gasteiger partial charge in [-0.3, -0.25) is 4.79 Å². The quantitative estimate of drug-likeness (QED) is 0.492. The molecule has 1 heterocycles. The van der Waals surface area contributed by atoms with Crippen LogP contribution in [0, 0.1) is 0 Å². The highest BCUT2D eigenvalue weighted by Crippen LogP contribution is 2.24. The smallest absolute Gasteiger partial charge is 0.182 e. The molecule has 4 nitrogen and oxygen atoms in total. The van der Waals surface area contributed by atoms with E-state index in [9.17, 15) is 4.79 Å². The lowest BCUT2D eigenvalue weighted by molar-refractivity contribution is 0.0991. The van der Waals surface area contributed by atoms with Gasteiger partial charge in [0.05, 0.1) is 17.8 Å². The molecule has 0 spiro atoms. The summed E-state index contributed by atoms with van der Waals surface area (Å²) in [6, 6.07) is 28.7. The number of aromatic nitrogens is 3. The summed E-state index contributed by atoms with van der Waals surface area (Å²) in [7, 11) is 0. The molecule has 0 bridgehead atoms. The molecule has 130 valence electrons. The Morgan fingerprint density at radius 2 is 1.22 bits per heavy atom. The van der Waals surface area contributed by atoms with E-state index < -0.39 is 0 Å². The molecule has 0 saturated carbocycles. The average Bonchev–Trinajstić information content (AvgIpc) is 2.76. The Bertz CT molecular complexity index is 1050. The molecule has 0 N–H and O–H groups in total. The third kappa shape index (κ3) is 3.80. The molecule has 0 fully saturated rings. The van der Waals surface area contributed by atoms with Gasteiger partial charge in [0.2, 0.25) is 0 Å². The molecule has 0 aliphatic rings. The second-order valence-corrected chi connectivity index (χ2v) is 6.13. The van der Waals surface area contributed by atoms with E-state index in [0.29, 0.717) is 22.8 Å². The number of carbonyl (C=O) groups is 1. The number of Topliss-reactive ketones (excluding diaryl/α,β-unsaturated/α-hetero) is 1. The Labute approximate surface area is 157 Å². The number of hydrogen-bond acceptors (Lipinski definition) is 4. The van der Waals surface area contributed by atoms with Crippen molar-refractivity contribution in [3.8, 4) is 22.6 Å². The van der Waals surface area contributed by atoms with Crippen molar-refractivity contribution >= 4 is 5.78 Å². The standard InChI is InChI=1S/C23H17N3O/c27-21(17-10-4-1-5-11-17)16-20-22(18-12-6-2-7-13-18)24-23(26-25-20)19-14-8-3-9-15-19/h1-15H,16H2. The van der Waals surface area contributed by atoms with E-state index in [1.807, 2.05) is 91.0 Å². The summed E-state index contributed by atoms with van der Waals surface area (Å²) in [5.74, 6) is 0.543. The van der Waals surface area contributed by atoms with Crippen LogP contribution in [0.15, 0.2) is 91.0 Å². The summed E-state index contributed by atoms with van der Waals surface area (Å²) >= 11 is 0. The summed E-state index contributed by atoms with van der Waals surface area (Å²) < 4.78 is 0. The van der Waals surface area contributed by atoms with E-state index in [1.54, 1.807) is 0 Å². The average molecular weight is 351 g/mol.